The van der Waals surface area contributed by atoms with Crippen molar-refractivity contribution in [1.29, 1.82) is 0 Å². The van der Waals surface area contributed by atoms with Crippen molar-refractivity contribution in [3.05, 3.63) is 29.5 Å². The summed E-state index contributed by atoms with van der Waals surface area (Å²) in [6.45, 7) is 0. The lowest BCUT2D eigenvalue weighted by molar-refractivity contribution is -0.139. The van der Waals surface area contributed by atoms with Gasteiger partial charge in [0.05, 0.1) is 20.6 Å². The molecule has 0 radical (unpaired) electrons. The third kappa shape index (κ3) is 2.37. The van der Waals surface area contributed by atoms with Crippen LogP contribution in [0.5, 0.6) is 5.75 Å². The van der Waals surface area contributed by atoms with Crippen LogP contribution in [0, 0.1) is 0 Å². The number of carboxylic acids is 1. The molecule has 0 unspecified atom stereocenters. The summed E-state index contributed by atoms with van der Waals surface area (Å²) in [5.41, 5.74) is 0.660. The topological polar surface area (TPSA) is 86.0 Å². The van der Waals surface area contributed by atoms with Gasteiger partial charge < -0.3 is 19.0 Å². The second-order valence-electron chi connectivity index (χ2n) is 3.83. The SMILES string of the molecule is COC(=O)Cc1c(C(=O)O)oc2cc(OC)ccc12. The normalized spacial score (nSPS) is 10.4. The Kier molecular flexibility index (Phi) is 3.41. The van der Waals surface area contributed by atoms with Crippen LogP contribution in [0.4, 0.5) is 0 Å². The molecule has 0 atom stereocenters. The third-order valence-corrected chi connectivity index (χ3v) is 2.74. The Morgan fingerprint density at radius 3 is 2.63 bits per heavy atom. The van der Waals surface area contributed by atoms with Crippen molar-refractivity contribution < 1.29 is 28.6 Å². The van der Waals surface area contributed by atoms with Crippen LogP contribution in [0.1, 0.15) is 16.1 Å². The van der Waals surface area contributed by atoms with E-state index in [0.717, 1.165) is 0 Å². The maximum atomic E-state index is 11.3. The molecular formula is C13H12O6. The number of carbonyl (C=O) groups excluding carboxylic acids is 1. The predicted octanol–water partition coefficient (Wildman–Crippen LogP) is 1.86. The molecule has 0 saturated carbocycles. The van der Waals surface area contributed by atoms with Crippen molar-refractivity contribution in [1.82, 2.24) is 0 Å². The summed E-state index contributed by atoms with van der Waals surface area (Å²) >= 11 is 0. The van der Waals surface area contributed by atoms with Gasteiger partial charge in [-0.3, -0.25) is 4.79 Å². The van der Waals surface area contributed by atoms with Gasteiger partial charge in [0.2, 0.25) is 5.76 Å². The highest BCUT2D eigenvalue weighted by molar-refractivity contribution is 5.97. The predicted molar refractivity (Wildman–Crippen MR) is 65.4 cm³/mol. The molecule has 0 saturated heterocycles. The van der Waals surface area contributed by atoms with Crippen LogP contribution in [0.3, 0.4) is 0 Å². The van der Waals surface area contributed by atoms with Crippen molar-refractivity contribution in [3.63, 3.8) is 0 Å². The maximum absolute atomic E-state index is 11.3. The number of aromatic carboxylic acids is 1. The average molecular weight is 264 g/mol. The molecule has 0 bridgehead atoms. The zero-order valence-electron chi connectivity index (χ0n) is 10.4. The lowest BCUT2D eigenvalue weighted by Gasteiger charge is -2.00. The molecular weight excluding hydrogens is 252 g/mol. The van der Waals surface area contributed by atoms with Crippen molar-refractivity contribution in [2.75, 3.05) is 14.2 Å². The fourth-order valence-electron chi connectivity index (χ4n) is 1.82. The molecule has 1 aromatic carbocycles. The van der Waals surface area contributed by atoms with Crippen LogP contribution in [0.2, 0.25) is 0 Å². The van der Waals surface area contributed by atoms with E-state index in [0.29, 0.717) is 22.3 Å². The molecule has 0 amide bonds. The summed E-state index contributed by atoms with van der Waals surface area (Å²) in [7, 11) is 2.74. The maximum Gasteiger partial charge on any atom is 0.372 e. The molecule has 2 rings (SSSR count). The zero-order chi connectivity index (χ0) is 14.0. The lowest BCUT2D eigenvalue weighted by atomic mass is 10.1. The number of carboxylic acid groups (broad SMARTS) is 1. The van der Waals surface area contributed by atoms with Crippen LogP contribution in [0.25, 0.3) is 11.0 Å². The van der Waals surface area contributed by atoms with Crippen LogP contribution >= 0.6 is 0 Å². The van der Waals surface area contributed by atoms with Gasteiger partial charge in [-0.15, -0.1) is 0 Å². The van der Waals surface area contributed by atoms with Crippen LogP contribution in [-0.2, 0) is 16.0 Å². The smallest absolute Gasteiger partial charge is 0.372 e. The summed E-state index contributed by atoms with van der Waals surface area (Å²) in [5.74, 6) is -1.47. The van der Waals surface area contributed by atoms with E-state index in [2.05, 4.69) is 4.74 Å². The number of esters is 1. The van der Waals surface area contributed by atoms with Crippen molar-refractivity contribution in [2.24, 2.45) is 0 Å². The van der Waals surface area contributed by atoms with E-state index in [1.165, 1.54) is 14.2 Å². The molecule has 0 aliphatic heterocycles. The standard InChI is InChI=1S/C13H12O6/c1-17-7-3-4-8-9(6-11(14)18-2)12(13(15)16)19-10(8)5-7/h3-5H,6H2,1-2H3,(H,15,16). The second kappa shape index (κ2) is 5.01. The van der Waals surface area contributed by atoms with Gasteiger partial charge in [-0.25, -0.2) is 4.79 Å². The molecule has 100 valence electrons. The highest BCUT2D eigenvalue weighted by Gasteiger charge is 2.22. The van der Waals surface area contributed by atoms with Crippen LogP contribution in [0.15, 0.2) is 22.6 Å². The highest BCUT2D eigenvalue weighted by Crippen LogP contribution is 2.29. The number of methoxy groups -OCH3 is 2. The molecule has 2 aromatic rings. The summed E-state index contributed by atoms with van der Waals surface area (Å²) in [6, 6.07) is 4.90. The van der Waals surface area contributed by atoms with Crippen LogP contribution < -0.4 is 4.74 Å². The second-order valence-corrected chi connectivity index (χ2v) is 3.83. The lowest BCUT2D eigenvalue weighted by Crippen LogP contribution is -2.08. The molecule has 19 heavy (non-hydrogen) atoms. The van der Waals surface area contributed by atoms with Gasteiger partial charge in [0.25, 0.3) is 0 Å². The van der Waals surface area contributed by atoms with Gasteiger partial charge in [-0.05, 0) is 12.1 Å². The summed E-state index contributed by atoms with van der Waals surface area (Å²) < 4.78 is 14.9. The Morgan fingerprint density at radius 1 is 1.32 bits per heavy atom. The van der Waals surface area contributed by atoms with Crippen molar-refractivity contribution in [3.8, 4) is 5.75 Å². The first-order valence-electron chi connectivity index (χ1n) is 5.46. The first-order chi connectivity index (χ1) is 9.06. The Labute approximate surface area is 108 Å². The first-order valence-corrected chi connectivity index (χ1v) is 5.46. The summed E-state index contributed by atoms with van der Waals surface area (Å²) in [6.07, 6.45) is -0.155. The average Bonchev–Trinajstić information content (AvgIpc) is 2.76. The van der Waals surface area contributed by atoms with E-state index in [1.807, 2.05) is 0 Å². The molecule has 0 aliphatic carbocycles. The van der Waals surface area contributed by atoms with Gasteiger partial charge in [-0.1, -0.05) is 0 Å². The molecule has 1 heterocycles. The summed E-state index contributed by atoms with van der Waals surface area (Å²) in [4.78, 5) is 22.5. The van der Waals surface area contributed by atoms with E-state index in [1.54, 1.807) is 18.2 Å². The Morgan fingerprint density at radius 2 is 2.05 bits per heavy atom. The molecule has 0 spiro atoms. The zero-order valence-corrected chi connectivity index (χ0v) is 10.4. The first kappa shape index (κ1) is 12.9. The van der Waals surface area contributed by atoms with Gasteiger partial charge >= 0.3 is 11.9 Å². The van der Waals surface area contributed by atoms with Gasteiger partial charge in [-0.2, -0.15) is 0 Å². The number of hydrogen-bond acceptors (Lipinski definition) is 5. The van der Waals surface area contributed by atoms with Crippen molar-refractivity contribution in [2.45, 2.75) is 6.42 Å². The molecule has 6 heteroatoms. The van der Waals surface area contributed by atoms with Crippen molar-refractivity contribution >= 4 is 22.9 Å². The van der Waals surface area contributed by atoms with E-state index >= 15 is 0 Å². The molecule has 6 nitrogen and oxygen atoms in total. The molecule has 1 aromatic heterocycles. The van der Waals surface area contributed by atoms with E-state index in [4.69, 9.17) is 14.3 Å². The number of benzene rings is 1. The fraction of sp³-hybridized carbons (Fsp3) is 0.231. The Bertz CT molecular complexity index is 640. The number of ether oxygens (including phenoxy) is 2. The Hall–Kier alpha value is -2.50. The molecule has 0 aliphatic rings. The van der Waals surface area contributed by atoms with Gasteiger partial charge in [0.1, 0.15) is 11.3 Å². The monoisotopic (exact) mass is 264 g/mol. The fourth-order valence-corrected chi connectivity index (χ4v) is 1.82. The van der Waals surface area contributed by atoms with E-state index in [-0.39, 0.29) is 12.2 Å². The van der Waals surface area contributed by atoms with Gasteiger partial charge in [0.15, 0.2) is 0 Å². The largest absolute Gasteiger partial charge is 0.497 e. The highest BCUT2D eigenvalue weighted by atomic mass is 16.5. The minimum absolute atomic E-state index is 0.155. The Balaban J connectivity index is 2.60. The number of furan rings is 1. The minimum atomic E-state index is -1.23. The van der Waals surface area contributed by atoms with E-state index in [9.17, 15) is 9.59 Å². The number of hydrogen-bond donors (Lipinski definition) is 1. The number of carbonyl (C=O) groups is 2. The number of rotatable bonds is 4. The molecule has 1 N–H and O–H groups in total. The van der Waals surface area contributed by atoms with E-state index < -0.39 is 11.9 Å². The van der Waals surface area contributed by atoms with Crippen LogP contribution in [-0.4, -0.2) is 31.3 Å². The number of fused-ring (bicyclic) bond motifs is 1. The molecule has 0 fully saturated rings. The minimum Gasteiger partial charge on any atom is -0.497 e. The third-order valence-electron chi connectivity index (χ3n) is 2.74. The van der Waals surface area contributed by atoms with Gasteiger partial charge in [0, 0.05) is 17.0 Å². The summed E-state index contributed by atoms with van der Waals surface area (Å²) in [5, 5.41) is 9.66. The quantitative estimate of drug-likeness (QED) is 0.848.